The maximum atomic E-state index is 11.7. The van der Waals surface area contributed by atoms with E-state index >= 15 is 0 Å². The van der Waals surface area contributed by atoms with Crippen LogP contribution in [0.3, 0.4) is 0 Å². The summed E-state index contributed by atoms with van der Waals surface area (Å²) in [5.74, 6) is -0.230. The number of hydrogen-bond donors (Lipinski definition) is 1. The van der Waals surface area contributed by atoms with Gasteiger partial charge in [0.1, 0.15) is 5.54 Å². The highest BCUT2D eigenvalue weighted by Crippen LogP contribution is 2.13. The third-order valence-corrected chi connectivity index (χ3v) is 2.18. The smallest absolute Gasteiger partial charge is 0.328 e. The number of nitrogens with one attached hydrogen (secondary N) is 1. The molecule has 1 N–H and O–H groups in total. The number of carbonyl (C=O) groups excluding carboxylic acids is 1. The van der Waals surface area contributed by atoms with Crippen LogP contribution in [-0.4, -0.2) is 38.4 Å². The van der Waals surface area contributed by atoms with Crippen molar-refractivity contribution in [1.29, 1.82) is 0 Å². The first-order chi connectivity index (χ1) is 6.66. The van der Waals surface area contributed by atoms with E-state index in [2.05, 4.69) is 5.32 Å². The zero-order valence-electron chi connectivity index (χ0n) is 9.55. The van der Waals surface area contributed by atoms with Crippen molar-refractivity contribution in [3.63, 3.8) is 0 Å². The van der Waals surface area contributed by atoms with Crippen LogP contribution < -0.4 is 5.32 Å². The molecule has 0 aliphatic rings. The number of ether oxygens (including phenoxy) is 2. The van der Waals surface area contributed by atoms with Crippen LogP contribution >= 0.6 is 0 Å². The van der Waals surface area contributed by atoms with Crippen LogP contribution in [0.5, 0.6) is 0 Å². The van der Waals surface area contributed by atoms with Gasteiger partial charge in [0.2, 0.25) is 0 Å². The maximum absolute atomic E-state index is 11.7. The highest BCUT2D eigenvalue weighted by atomic mass is 16.5. The Morgan fingerprint density at radius 2 is 2.00 bits per heavy atom. The third kappa shape index (κ3) is 3.27. The molecule has 0 heterocycles. The van der Waals surface area contributed by atoms with Gasteiger partial charge in [-0.1, -0.05) is 13.8 Å². The fourth-order valence-corrected chi connectivity index (χ4v) is 1.41. The average molecular weight is 203 g/mol. The fraction of sp³-hybridized carbons (Fsp3) is 0.900. The second-order valence-corrected chi connectivity index (χ2v) is 3.12. The van der Waals surface area contributed by atoms with Crippen molar-refractivity contribution in [3.05, 3.63) is 0 Å². The largest absolute Gasteiger partial charge is 0.465 e. The molecule has 0 aromatic rings. The van der Waals surface area contributed by atoms with Crippen molar-refractivity contribution >= 4 is 5.97 Å². The van der Waals surface area contributed by atoms with Crippen LogP contribution in [0.25, 0.3) is 0 Å². The summed E-state index contributed by atoms with van der Waals surface area (Å²) in [6.07, 6.45) is 0.660. The SMILES string of the molecule is CCNC(CC)(COC)C(=O)OCC. The lowest BCUT2D eigenvalue weighted by Gasteiger charge is -2.30. The molecule has 0 radical (unpaired) electrons. The Hall–Kier alpha value is -0.610. The van der Waals surface area contributed by atoms with Crippen LogP contribution in [0.2, 0.25) is 0 Å². The summed E-state index contributed by atoms with van der Waals surface area (Å²) in [6, 6.07) is 0. The van der Waals surface area contributed by atoms with Gasteiger partial charge < -0.3 is 14.8 Å². The molecule has 0 spiro atoms. The molecule has 0 aromatic carbocycles. The van der Waals surface area contributed by atoms with E-state index in [1.165, 1.54) is 0 Å². The van der Waals surface area contributed by atoms with Crippen molar-refractivity contribution in [1.82, 2.24) is 5.32 Å². The lowest BCUT2D eigenvalue weighted by Crippen LogP contribution is -2.55. The number of likely N-dealkylation sites (N-methyl/N-ethyl adjacent to an activating group) is 1. The molecule has 0 fully saturated rings. The number of rotatable bonds is 7. The summed E-state index contributed by atoms with van der Waals surface area (Å²) in [4.78, 5) is 11.7. The molecule has 4 nitrogen and oxygen atoms in total. The Balaban J connectivity index is 4.54. The Bertz CT molecular complexity index is 165. The van der Waals surface area contributed by atoms with Gasteiger partial charge in [-0.15, -0.1) is 0 Å². The van der Waals surface area contributed by atoms with Crippen LogP contribution in [0.1, 0.15) is 27.2 Å². The zero-order valence-corrected chi connectivity index (χ0v) is 9.55. The molecule has 0 amide bonds. The van der Waals surface area contributed by atoms with Gasteiger partial charge in [-0.05, 0) is 19.9 Å². The minimum Gasteiger partial charge on any atom is -0.465 e. The Kier molecular flexibility index (Phi) is 6.49. The monoisotopic (exact) mass is 203 g/mol. The van der Waals surface area contributed by atoms with Gasteiger partial charge in [0.25, 0.3) is 0 Å². The molecule has 0 saturated heterocycles. The van der Waals surface area contributed by atoms with Gasteiger partial charge in [-0.2, -0.15) is 0 Å². The van der Waals surface area contributed by atoms with E-state index < -0.39 is 5.54 Å². The Morgan fingerprint density at radius 1 is 1.36 bits per heavy atom. The lowest BCUT2D eigenvalue weighted by atomic mass is 9.97. The molecule has 0 saturated carbocycles. The zero-order chi connectivity index (χ0) is 11.0. The quantitative estimate of drug-likeness (QED) is 0.626. The minimum absolute atomic E-state index is 0.230. The van der Waals surface area contributed by atoms with E-state index in [0.717, 1.165) is 6.54 Å². The number of esters is 1. The summed E-state index contributed by atoms with van der Waals surface area (Å²) in [5, 5.41) is 3.13. The third-order valence-electron chi connectivity index (χ3n) is 2.18. The average Bonchev–Trinajstić information content (AvgIpc) is 2.17. The van der Waals surface area contributed by atoms with Crippen LogP contribution in [0, 0.1) is 0 Å². The summed E-state index contributed by atoms with van der Waals surface area (Å²) in [6.45, 7) is 7.16. The second kappa shape index (κ2) is 6.79. The normalized spacial score (nSPS) is 14.9. The minimum atomic E-state index is -0.681. The van der Waals surface area contributed by atoms with E-state index in [-0.39, 0.29) is 5.97 Å². The van der Waals surface area contributed by atoms with E-state index in [9.17, 15) is 4.79 Å². The van der Waals surface area contributed by atoms with E-state index in [0.29, 0.717) is 19.6 Å². The second-order valence-electron chi connectivity index (χ2n) is 3.12. The van der Waals surface area contributed by atoms with Gasteiger partial charge >= 0.3 is 5.97 Å². The summed E-state index contributed by atoms with van der Waals surface area (Å²) < 4.78 is 10.1. The molecular formula is C10H21NO3. The Labute approximate surface area is 86.0 Å². The molecular weight excluding hydrogens is 182 g/mol. The Morgan fingerprint density at radius 3 is 2.36 bits per heavy atom. The van der Waals surface area contributed by atoms with Crippen molar-refractivity contribution in [2.75, 3.05) is 26.9 Å². The molecule has 0 aliphatic heterocycles. The number of carbonyl (C=O) groups is 1. The molecule has 84 valence electrons. The van der Waals surface area contributed by atoms with Crippen molar-refractivity contribution < 1.29 is 14.3 Å². The summed E-state index contributed by atoms with van der Waals surface area (Å²) in [7, 11) is 1.58. The highest BCUT2D eigenvalue weighted by Gasteiger charge is 2.37. The fourth-order valence-electron chi connectivity index (χ4n) is 1.41. The molecule has 14 heavy (non-hydrogen) atoms. The number of hydrogen-bond acceptors (Lipinski definition) is 4. The topological polar surface area (TPSA) is 47.6 Å². The van der Waals surface area contributed by atoms with E-state index in [1.807, 2.05) is 13.8 Å². The maximum Gasteiger partial charge on any atom is 0.328 e. The van der Waals surface area contributed by atoms with Crippen molar-refractivity contribution in [3.8, 4) is 0 Å². The van der Waals surface area contributed by atoms with Crippen LogP contribution in [0.15, 0.2) is 0 Å². The van der Waals surface area contributed by atoms with E-state index in [1.54, 1.807) is 14.0 Å². The lowest BCUT2D eigenvalue weighted by molar-refractivity contribution is -0.154. The van der Waals surface area contributed by atoms with Gasteiger partial charge in [0, 0.05) is 7.11 Å². The summed E-state index contributed by atoms with van der Waals surface area (Å²) in [5.41, 5.74) is -0.681. The first-order valence-corrected chi connectivity index (χ1v) is 5.08. The molecule has 4 heteroatoms. The van der Waals surface area contributed by atoms with Gasteiger partial charge in [0.15, 0.2) is 0 Å². The van der Waals surface area contributed by atoms with Gasteiger partial charge in [0.05, 0.1) is 13.2 Å². The predicted octanol–water partition coefficient (Wildman–Crippen LogP) is 0.954. The van der Waals surface area contributed by atoms with Gasteiger partial charge in [-0.3, -0.25) is 0 Å². The molecule has 0 bridgehead atoms. The highest BCUT2D eigenvalue weighted by molar-refractivity contribution is 5.81. The molecule has 1 atom stereocenters. The molecule has 0 aromatic heterocycles. The van der Waals surface area contributed by atoms with Gasteiger partial charge in [-0.25, -0.2) is 4.79 Å². The molecule has 0 rings (SSSR count). The van der Waals surface area contributed by atoms with E-state index in [4.69, 9.17) is 9.47 Å². The van der Waals surface area contributed by atoms with Crippen LogP contribution in [-0.2, 0) is 14.3 Å². The predicted molar refractivity (Wildman–Crippen MR) is 55.2 cm³/mol. The standard InChI is InChI=1S/C10H21NO3/c1-5-10(8-13-4,11-6-2)9(12)14-7-3/h11H,5-8H2,1-4H3. The van der Waals surface area contributed by atoms with Crippen molar-refractivity contribution in [2.45, 2.75) is 32.7 Å². The molecule has 1 unspecified atom stereocenters. The van der Waals surface area contributed by atoms with Crippen molar-refractivity contribution in [2.24, 2.45) is 0 Å². The first-order valence-electron chi connectivity index (χ1n) is 5.08. The summed E-state index contributed by atoms with van der Waals surface area (Å²) >= 11 is 0. The van der Waals surface area contributed by atoms with Crippen LogP contribution in [0.4, 0.5) is 0 Å². The molecule has 0 aliphatic carbocycles. The first kappa shape index (κ1) is 13.4. The number of methoxy groups -OCH3 is 1.